The van der Waals surface area contributed by atoms with Gasteiger partial charge in [-0.1, -0.05) is 6.07 Å². The smallest absolute Gasteiger partial charge is 0.325 e. The maximum atomic E-state index is 12.7. The van der Waals surface area contributed by atoms with Crippen LogP contribution in [-0.2, 0) is 10.3 Å². The zero-order valence-electron chi connectivity index (χ0n) is 12.8. The monoisotopic (exact) mass is 291 g/mol. The van der Waals surface area contributed by atoms with Crippen LogP contribution in [0.4, 0.5) is 4.79 Å². The van der Waals surface area contributed by atoms with E-state index < -0.39 is 11.6 Å². The summed E-state index contributed by atoms with van der Waals surface area (Å²) in [5, 5.41) is 2.77. The number of ether oxygens (including phenoxy) is 1. The van der Waals surface area contributed by atoms with E-state index in [1.165, 1.54) is 4.90 Å². The highest BCUT2D eigenvalue weighted by Gasteiger charge is 2.50. The third kappa shape index (κ3) is 2.35. The number of rotatable bonds is 4. The highest BCUT2D eigenvalue weighted by Crippen LogP contribution is 2.32. The van der Waals surface area contributed by atoms with E-state index in [1.807, 2.05) is 13.0 Å². The van der Waals surface area contributed by atoms with Crippen LogP contribution < -0.4 is 15.8 Å². The summed E-state index contributed by atoms with van der Waals surface area (Å²) in [6.45, 7) is 5.59. The molecule has 1 aromatic carbocycles. The number of nitrogens with zero attached hydrogens (tertiary/aromatic N) is 1. The van der Waals surface area contributed by atoms with E-state index in [-0.39, 0.29) is 18.5 Å². The molecule has 0 saturated carbocycles. The number of nitrogens with two attached hydrogens (primary N) is 1. The number of carbonyl (C=O) groups excluding carboxylic acids is 2. The fourth-order valence-electron chi connectivity index (χ4n) is 2.55. The number of imide groups is 1. The highest BCUT2D eigenvalue weighted by molar-refractivity contribution is 6.07. The van der Waals surface area contributed by atoms with Crippen LogP contribution in [0, 0.1) is 6.92 Å². The lowest BCUT2D eigenvalue weighted by Gasteiger charge is -2.25. The summed E-state index contributed by atoms with van der Waals surface area (Å²) < 4.78 is 5.22. The molecule has 2 rings (SSSR count). The van der Waals surface area contributed by atoms with Gasteiger partial charge in [0.05, 0.1) is 13.2 Å². The van der Waals surface area contributed by atoms with Crippen molar-refractivity contribution in [3.8, 4) is 5.75 Å². The topological polar surface area (TPSA) is 84.7 Å². The normalized spacial score (nSPS) is 23.2. The number of aryl methyl sites for hydroxylation is 1. The molecule has 0 spiro atoms. The molecule has 1 aliphatic heterocycles. The molecule has 0 aliphatic carbocycles. The number of amides is 3. The van der Waals surface area contributed by atoms with Gasteiger partial charge in [-0.3, -0.25) is 9.69 Å². The van der Waals surface area contributed by atoms with E-state index in [0.29, 0.717) is 0 Å². The van der Waals surface area contributed by atoms with Gasteiger partial charge in [0.15, 0.2) is 0 Å². The first-order valence-corrected chi connectivity index (χ1v) is 6.86. The summed E-state index contributed by atoms with van der Waals surface area (Å²) in [5.41, 5.74) is 6.14. The van der Waals surface area contributed by atoms with Crippen molar-refractivity contribution in [1.82, 2.24) is 10.2 Å². The Balaban J connectivity index is 2.41. The summed E-state index contributed by atoms with van der Waals surface area (Å²) in [7, 11) is 1.59. The van der Waals surface area contributed by atoms with Crippen LogP contribution in [-0.4, -0.2) is 36.5 Å². The van der Waals surface area contributed by atoms with Crippen molar-refractivity contribution in [2.45, 2.75) is 32.4 Å². The van der Waals surface area contributed by atoms with Crippen LogP contribution in [0.3, 0.4) is 0 Å². The standard InChI is InChI=1S/C15H21N3O3/c1-9-7-11(5-6-12(9)21-4)15(3)13(19)18(10(2)8-16)14(20)17-15/h5-7,10H,8,16H2,1-4H3,(H,17,20). The average molecular weight is 291 g/mol. The first-order valence-electron chi connectivity index (χ1n) is 6.86. The van der Waals surface area contributed by atoms with Crippen molar-refractivity contribution in [2.75, 3.05) is 13.7 Å². The average Bonchev–Trinajstić information content (AvgIpc) is 2.69. The lowest BCUT2D eigenvalue weighted by molar-refractivity contribution is -0.132. The second-order valence-corrected chi connectivity index (χ2v) is 5.50. The Kier molecular flexibility index (Phi) is 3.91. The van der Waals surface area contributed by atoms with Crippen LogP contribution in [0.1, 0.15) is 25.0 Å². The molecule has 1 saturated heterocycles. The van der Waals surface area contributed by atoms with Gasteiger partial charge in [0.2, 0.25) is 0 Å². The number of hydrogen-bond acceptors (Lipinski definition) is 4. The van der Waals surface area contributed by atoms with E-state index in [9.17, 15) is 9.59 Å². The van der Waals surface area contributed by atoms with Crippen LogP contribution >= 0.6 is 0 Å². The quantitative estimate of drug-likeness (QED) is 0.814. The molecule has 3 N–H and O–H groups in total. The maximum absolute atomic E-state index is 12.7. The van der Waals surface area contributed by atoms with E-state index in [0.717, 1.165) is 16.9 Å². The van der Waals surface area contributed by atoms with Crippen LogP contribution in [0.25, 0.3) is 0 Å². The predicted molar refractivity (Wildman–Crippen MR) is 79.0 cm³/mol. The number of nitrogens with one attached hydrogen (secondary N) is 1. The third-order valence-corrected chi connectivity index (χ3v) is 3.98. The summed E-state index contributed by atoms with van der Waals surface area (Å²) in [5.74, 6) is 0.460. The Labute approximate surface area is 124 Å². The Morgan fingerprint density at radius 3 is 2.62 bits per heavy atom. The molecule has 1 heterocycles. The predicted octanol–water partition coefficient (Wildman–Crippen LogP) is 1.12. The molecule has 1 aliphatic rings. The highest BCUT2D eigenvalue weighted by atomic mass is 16.5. The van der Waals surface area contributed by atoms with Gasteiger partial charge in [-0.05, 0) is 44.0 Å². The van der Waals surface area contributed by atoms with Gasteiger partial charge in [0.25, 0.3) is 5.91 Å². The number of benzene rings is 1. The molecule has 1 aromatic rings. The minimum absolute atomic E-state index is 0.233. The Morgan fingerprint density at radius 2 is 2.10 bits per heavy atom. The van der Waals surface area contributed by atoms with E-state index in [2.05, 4.69) is 5.32 Å². The van der Waals surface area contributed by atoms with Gasteiger partial charge in [0, 0.05) is 6.54 Å². The number of carbonyl (C=O) groups is 2. The molecule has 2 unspecified atom stereocenters. The Bertz CT molecular complexity index is 588. The molecule has 3 amide bonds. The molecule has 6 nitrogen and oxygen atoms in total. The molecular weight excluding hydrogens is 270 g/mol. The first-order chi connectivity index (χ1) is 9.85. The lowest BCUT2D eigenvalue weighted by atomic mass is 9.90. The zero-order valence-corrected chi connectivity index (χ0v) is 12.8. The van der Waals surface area contributed by atoms with Gasteiger partial charge < -0.3 is 15.8 Å². The van der Waals surface area contributed by atoms with Crippen molar-refractivity contribution >= 4 is 11.9 Å². The Hall–Kier alpha value is -2.08. The third-order valence-electron chi connectivity index (χ3n) is 3.98. The summed E-state index contributed by atoms with van der Waals surface area (Å²) in [6, 6.07) is 4.70. The van der Waals surface area contributed by atoms with E-state index in [1.54, 1.807) is 33.1 Å². The summed E-state index contributed by atoms with van der Waals surface area (Å²) in [4.78, 5) is 25.9. The lowest BCUT2D eigenvalue weighted by Crippen LogP contribution is -2.45. The van der Waals surface area contributed by atoms with E-state index >= 15 is 0 Å². The number of hydrogen-bond donors (Lipinski definition) is 2. The Morgan fingerprint density at radius 1 is 1.43 bits per heavy atom. The van der Waals surface area contributed by atoms with Crippen molar-refractivity contribution in [3.63, 3.8) is 0 Å². The SMILES string of the molecule is COc1ccc(C2(C)NC(=O)N(C(C)CN)C2=O)cc1C. The molecule has 2 atom stereocenters. The number of urea groups is 1. The van der Waals surface area contributed by atoms with Crippen molar-refractivity contribution in [1.29, 1.82) is 0 Å². The molecule has 6 heteroatoms. The largest absolute Gasteiger partial charge is 0.496 e. The van der Waals surface area contributed by atoms with Crippen molar-refractivity contribution < 1.29 is 14.3 Å². The second-order valence-electron chi connectivity index (χ2n) is 5.50. The molecule has 0 aromatic heterocycles. The van der Waals surface area contributed by atoms with Crippen LogP contribution in [0.5, 0.6) is 5.75 Å². The first kappa shape index (κ1) is 15.3. The minimum atomic E-state index is -1.07. The van der Waals surface area contributed by atoms with Gasteiger partial charge in [-0.15, -0.1) is 0 Å². The molecule has 0 bridgehead atoms. The number of methoxy groups -OCH3 is 1. The van der Waals surface area contributed by atoms with Gasteiger partial charge in [-0.2, -0.15) is 0 Å². The minimum Gasteiger partial charge on any atom is -0.496 e. The van der Waals surface area contributed by atoms with Crippen LogP contribution in [0.2, 0.25) is 0 Å². The summed E-state index contributed by atoms with van der Waals surface area (Å²) >= 11 is 0. The zero-order chi connectivity index (χ0) is 15.8. The fraction of sp³-hybridized carbons (Fsp3) is 0.467. The van der Waals surface area contributed by atoms with Crippen molar-refractivity contribution in [2.24, 2.45) is 5.73 Å². The molecular formula is C15H21N3O3. The molecule has 0 radical (unpaired) electrons. The molecule has 21 heavy (non-hydrogen) atoms. The van der Waals surface area contributed by atoms with Crippen LogP contribution in [0.15, 0.2) is 18.2 Å². The van der Waals surface area contributed by atoms with Gasteiger partial charge in [0.1, 0.15) is 11.3 Å². The van der Waals surface area contributed by atoms with Gasteiger partial charge in [-0.25, -0.2) is 4.79 Å². The fourth-order valence-corrected chi connectivity index (χ4v) is 2.55. The molecule has 114 valence electrons. The molecule has 1 fully saturated rings. The maximum Gasteiger partial charge on any atom is 0.325 e. The second kappa shape index (κ2) is 5.37. The van der Waals surface area contributed by atoms with Gasteiger partial charge >= 0.3 is 6.03 Å². The van der Waals surface area contributed by atoms with Crippen molar-refractivity contribution in [3.05, 3.63) is 29.3 Å². The summed E-state index contributed by atoms with van der Waals surface area (Å²) in [6.07, 6.45) is 0. The van der Waals surface area contributed by atoms with E-state index in [4.69, 9.17) is 10.5 Å².